The van der Waals surface area contributed by atoms with Gasteiger partial charge in [0, 0.05) is 49.3 Å². The van der Waals surface area contributed by atoms with Gasteiger partial charge in [0.05, 0.1) is 34.6 Å². The zero-order chi connectivity index (χ0) is 30.6. The zero-order valence-electron chi connectivity index (χ0n) is 24.1. The van der Waals surface area contributed by atoms with Crippen LogP contribution in [0.2, 0.25) is 0 Å². The number of halogens is 2. The molecule has 3 aromatic carbocycles. The molecule has 0 saturated carbocycles. The largest absolute Gasteiger partial charge is 0.495 e. The number of thiazole rings is 1. The topological polar surface area (TPSA) is 95.5 Å². The fraction of sp³-hybridized carbons (Fsp3) is 0.188. The second-order valence-electron chi connectivity index (χ2n) is 10.2. The number of ether oxygens (including phenoxy) is 1. The first-order valence-electron chi connectivity index (χ1n) is 13.9. The summed E-state index contributed by atoms with van der Waals surface area (Å²) in [5.41, 5.74) is 5.30. The minimum Gasteiger partial charge on any atom is -0.495 e. The molecule has 0 unspecified atom stereocenters. The number of carbonyl (C=O) groups excluding carboxylic acids is 1. The standard InChI is InChI=1S/C32H29F2N7O2S/c1-40-13-15-41(16-14-40)26-18-22(9-10-27(26)43-2)38-32-35-12-11-25(39-32)30-29(36-19-44-30)20-5-3-6-21(17-20)37-31(42)28-23(33)7-4-8-24(28)34/h3-12,17-19H,13-16H2,1-2H3,(H,37,42)(H,35,38,39). The number of benzene rings is 3. The molecular formula is C32H29F2N7O2S. The van der Waals surface area contributed by atoms with Gasteiger partial charge in [-0.3, -0.25) is 4.79 Å². The first-order valence-corrected chi connectivity index (χ1v) is 14.8. The number of nitrogens with zero attached hydrogens (tertiary/aromatic N) is 5. The summed E-state index contributed by atoms with van der Waals surface area (Å²) in [6, 6.07) is 17.9. The SMILES string of the molecule is COc1ccc(Nc2nccc(-c3scnc3-c3cccc(NC(=O)c4c(F)cccc4F)c3)n2)cc1N1CCN(C)CC1. The van der Waals surface area contributed by atoms with E-state index in [9.17, 15) is 13.6 Å². The predicted molar refractivity (Wildman–Crippen MR) is 169 cm³/mol. The number of amides is 1. The summed E-state index contributed by atoms with van der Waals surface area (Å²) in [5.74, 6) is -1.51. The highest BCUT2D eigenvalue weighted by Gasteiger charge is 2.20. The highest BCUT2D eigenvalue weighted by Crippen LogP contribution is 2.36. The van der Waals surface area contributed by atoms with Crippen molar-refractivity contribution in [3.63, 3.8) is 0 Å². The molecule has 12 heteroatoms. The van der Waals surface area contributed by atoms with Crippen LogP contribution in [0.5, 0.6) is 5.75 Å². The van der Waals surface area contributed by atoms with Gasteiger partial charge in [-0.1, -0.05) is 18.2 Å². The monoisotopic (exact) mass is 613 g/mol. The van der Waals surface area contributed by atoms with E-state index in [0.717, 1.165) is 60.3 Å². The van der Waals surface area contributed by atoms with Gasteiger partial charge in [-0.2, -0.15) is 0 Å². The number of nitrogens with one attached hydrogen (secondary N) is 2. The van der Waals surface area contributed by atoms with E-state index in [4.69, 9.17) is 9.72 Å². The molecule has 2 N–H and O–H groups in total. The molecule has 44 heavy (non-hydrogen) atoms. The lowest BCUT2D eigenvalue weighted by molar-refractivity contribution is 0.101. The van der Waals surface area contributed by atoms with Gasteiger partial charge in [-0.15, -0.1) is 11.3 Å². The molecular weight excluding hydrogens is 584 g/mol. The van der Waals surface area contributed by atoms with Crippen LogP contribution in [0.25, 0.3) is 21.8 Å². The highest BCUT2D eigenvalue weighted by atomic mass is 32.1. The number of aromatic nitrogens is 3. The van der Waals surface area contributed by atoms with E-state index in [1.165, 1.54) is 17.4 Å². The van der Waals surface area contributed by atoms with Gasteiger partial charge in [-0.25, -0.2) is 23.7 Å². The first kappa shape index (κ1) is 29.1. The third kappa shape index (κ3) is 6.21. The Balaban J connectivity index is 1.23. The maximum absolute atomic E-state index is 14.1. The van der Waals surface area contributed by atoms with Gasteiger partial charge in [0.2, 0.25) is 5.95 Å². The Morgan fingerprint density at radius 3 is 2.48 bits per heavy atom. The maximum Gasteiger partial charge on any atom is 0.261 e. The van der Waals surface area contributed by atoms with Crippen molar-refractivity contribution in [3.8, 4) is 27.6 Å². The molecule has 1 amide bonds. The second kappa shape index (κ2) is 12.7. The van der Waals surface area contributed by atoms with Crippen molar-refractivity contribution >= 4 is 40.3 Å². The van der Waals surface area contributed by atoms with Gasteiger partial charge in [0.15, 0.2) is 0 Å². The molecule has 0 bridgehead atoms. The van der Waals surface area contributed by atoms with E-state index in [-0.39, 0.29) is 0 Å². The Labute approximate surface area is 257 Å². The molecule has 1 fully saturated rings. The van der Waals surface area contributed by atoms with Crippen LogP contribution >= 0.6 is 11.3 Å². The smallest absolute Gasteiger partial charge is 0.261 e. The Bertz CT molecular complexity index is 1790. The molecule has 0 radical (unpaired) electrons. The summed E-state index contributed by atoms with van der Waals surface area (Å²) in [5, 5.41) is 5.90. The molecule has 0 atom stereocenters. The summed E-state index contributed by atoms with van der Waals surface area (Å²) < 4.78 is 33.9. The van der Waals surface area contributed by atoms with Crippen LogP contribution in [0.4, 0.5) is 31.8 Å². The lowest BCUT2D eigenvalue weighted by Crippen LogP contribution is -2.44. The van der Waals surface area contributed by atoms with E-state index in [1.54, 1.807) is 43.1 Å². The van der Waals surface area contributed by atoms with Crippen LogP contribution in [0.15, 0.2) is 78.4 Å². The summed E-state index contributed by atoms with van der Waals surface area (Å²) in [6.45, 7) is 3.76. The maximum atomic E-state index is 14.1. The van der Waals surface area contributed by atoms with Crippen molar-refractivity contribution in [1.82, 2.24) is 19.9 Å². The Morgan fingerprint density at radius 2 is 1.70 bits per heavy atom. The van der Waals surface area contributed by atoms with E-state index in [2.05, 4.69) is 37.4 Å². The average Bonchev–Trinajstić information content (AvgIpc) is 3.52. The normalized spacial score (nSPS) is 13.5. The number of anilines is 4. The number of hydrogen-bond donors (Lipinski definition) is 2. The molecule has 9 nitrogen and oxygen atoms in total. The summed E-state index contributed by atoms with van der Waals surface area (Å²) in [6.07, 6.45) is 1.68. The van der Waals surface area contributed by atoms with E-state index in [1.807, 2.05) is 24.3 Å². The fourth-order valence-corrected chi connectivity index (χ4v) is 5.80. The number of rotatable bonds is 8. The molecule has 3 heterocycles. The van der Waals surface area contributed by atoms with E-state index in [0.29, 0.717) is 28.6 Å². The van der Waals surface area contributed by atoms with Gasteiger partial charge < -0.3 is 25.2 Å². The number of methoxy groups -OCH3 is 1. The molecule has 1 saturated heterocycles. The third-order valence-electron chi connectivity index (χ3n) is 7.32. The van der Waals surface area contributed by atoms with Crippen molar-refractivity contribution in [3.05, 3.63) is 95.6 Å². The first-order chi connectivity index (χ1) is 21.4. The van der Waals surface area contributed by atoms with Crippen LogP contribution in [0.3, 0.4) is 0 Å². The number of hydrogen-bond acceptors (Lipinski definition) is 9. The lowest BCUT2D eigenvalue weighted by Gasteiger charge is -2.34. The molecule has 224 valence electrons. The third-order valence-corrected chi connectivity index (χ3v) is 8.17. The van der Waals surface area contributed by atoms with Gasteiger partial charge in [0.1, 0.15) is 22.9 Å². The van der Waals surface area contributed by atoms with Crippen molar-refractivity contribution in [2.75, 3.05) is 55.9 Å². The van der Waals surface area contributed by atoms with Crippen LogP contribution in [0, 0.1) is 11.6 Å². The fourth-order valence-electron chi connectivity index (χ4n) is 5.02. The van der Waals surface area contributed by atoms with Gasteiger partial charge >= 0.3 is 0 Å². The van der Waals surface area contributed by atoms with Crippen molar-refractivity contribution < 1.29 is 18.3 Å². The molecule has 2 aromatic heterocycles. The molecule has 6 rings (SSSR count). The van der Waals surface area contributed by atoms with Crippen LogP contribution < -0.4 is 20.3 Å². The molecule has 1 aliphatic rings. The van der Waals surface area contributed by atoms with Gasteiger partial charge in [-0.05, 0) is 55.6 Å². The minimum atomic E-state index is -0.932. The van der Waals surface area contributed by atoms with E-state index < -0.39 is 23.1 Å². The predicted octanol–water partition coefficient (Wildman–Crippen LogP) is 6.30. The number of likely N-dealkylation sites (N-methyl/N-ethyl adjacent to an activating group) is 1. The lowest BCUT2D eigenvalue weighted by atomic mass is 10.1. The molecule has 5 aromatic rings. The van der Waals surface area contributed by atoms with E-state index >= 15 is 0 Å². The zero-order valence-corrected chi connectivity index (χ0v) is 24.9. The highest BCUT2D eigenvalue weighted by molar-refractivity contribution is 7.13. The quantitative estimate of drug-likeness (QED) is 0.211. The summed E-state index contributed by atoms with van der Waals surface area (Å²) in [4.78, 5) is 31.8. The van der Waals surface area contributed by atoms with Crippen LogP contribution in [0.1, 0.15) is 10.4 Å². The molecule has 0 spiro atoms. The second-order valence-corrected chi connectivity index (χ2v) is 11.1. The van der Waals surface area contributed by atoms with Crippen LogP contribution in [-0.2, 0) is 0 Å². The van der Waals surface area contributed by atoms with Crippen molar-refractivity contribution in [1.29, 1.82) is 0 Å². The molecule has 0 aliphatic carbocycles. The van der Waals surface area contributed by atoms with Gasteiger partial charge in [0.25, 0.3) is 5.91 Å². The minimum absolute atomic E-state index is 0.370. The Morgan fingerprint density at radius 1 is 0.932 bits per heavy atom. The Hall–Kier alpha value is -4.94. The number of piperazine rings is 1. The average molecular weight is 614 g/mol. The van der Waals surface area contributed by atoms with Crippen molar-refractivity contribution in [2.24, 2.45) is 0 Å². The molecule has 1 aliphatic heterocycles. The number of carbonyl (C=O) groups is 1. The summed E-state index contributed by atoms with van der Waals surface area (Å²) >= 11 is 1.42. The Kier molecular flexibility index (Phi) is 8.44. The van der Waals surface area contributed by atoms with Crippen LogP contribution in [-0.4, -0.2) is 66.1 Å². The summed E-state index contributed by atoms with van der Waals surface area (Å²) in [7, 11) is 3.80. The van der Waals surface area contributed by atoms with Crippen molar-refractivity contribution in [2.45, 2.75) is 0 Å².